The summed E-state index contributed by atoms with van der Waals surface area (Å²) in [4.78, 5) is 2.39. The molecule has 0 bridgehead atoms. The van der Waals surface area contributed by atoms with Gasteiger partial charge in [0.25, 0.3) is 0 Å². The van der Waals surface area contributed by atoms with Crippen molar-refractivity contribution in [1.82, 2.24) is 4.57 Å². The van der Waals surface area contributed by atoms with Gasteiger partial charge >= 0.3 is 0 Å². The summed E-state index contributed by atoms with van der Waals surface area (Å²) in [6.45, 7) is 4.77. The van der Waals surface area contributed by atoms with Crippen LogP contribution in [-0.4, -0.2) is 4.57 Å². The van der Waals surface area contributed by atoms with Crippen LogP contribution in [0.3, 0.4) is 0 Å². The Morgan fingerprint density at radius 3 is 1.53 bits per heavy atom. The van der Waals surface area contributed by atoms with E-state index in [0.717, 1.165) is 22.7 Å². The second-order valence-corrected chi connectivity index (χ2v) is 14.6. The highest BCUT2D eigenvalue weighted by molar-refractivity contribution is 6.15. The third-order valence-corrected chi connectivity index (χ3v) is 11.2. The van der Waals surface area contributed by atoms with E-state index in [1.807, 2.05) is 0 Å². The lowest BCUT2D eigenvalue weighted by atomic mass is 9.80. The molecule has 0 fully saturated rings. The number of hydrogen-bond acceptors (Lipinski definition) is 1. The van der Waals surface area contributed by atoms with Crippen molar-refractivity contribution in [2.75, 3.05) is 4.90 Å². The Kier molecular flexibility index (Phi) is 7.19. The van der Waals surface area contributed by atoms with E-state index in [9.17, 15) is 0 Å². The lowest BCUT2D eigenvalue weighted by molar-refractivity contribution is 0.666. The number of hydrogen-bond donors (Lipinski definition) is 0. The van der Waals surface area contributed by atoms with Crippen molar-refractivity contribution in [1.29, 1.82) is 0 Å². The van der Waals surface area contributed by atoms with Crippen molar-refractivity contribution in [3.8, 4) is 39.1 Å². The van der Waals surface area contributed by atoms with E-state index < -0.39 is 0 Å². The van der Waals surface area contributed by atoms with Gasteiger partial charge in [0.05, 0.1) is 11.0 Å². The third kappa shape index (κ3) is 5.02. The van der Waals surface area contributed by atoms with Gasteiger partial charge in [0.15, 0.2) is 0 Å². The topological polar surface area (TPSA) is 8.17 Å². The van der Waals surface area contributed by atoms with E-state index in [2.05, 4.69) is 217 Å². The van der Waals surface area contributed by atoms with Crippen LogP contribution < -0.4 is 4.90 Å². The van der Waals surface area contributed by atoms with Crippen molar-refractivity contribution in [3.63, 3.8) is 0 Å². The summed E-state index contributed by atoms with van der Waals surface area (Å²) >= 11 is 0. The highest BCUT2D eigenvalue weighted by Gasteiger charge is 2.38. The molecule has 0 saturated heterocycles. The predicted molar refractivity (Wildman–Crippen MR) is 224 cm³/mol. The third-order valence-electron chi connectivity index (χ3n) is 11.2. The van der Waals surface area contributed by atoms with Crippen LogP contribution in [-0.2, 0) is 5.41 Å². The molecule has 0 unspecified atom stereocenters. The monoisotopic (exact) mass is 678 g/mol. The molecule has 2 nitrogen and oxygen atoms in total. The highest BCUT2D eigenvalue weighted by Crippen LogP contribution is 2.53. The van der Waals surface area contributed by atoms with Crippen molar-refractivity contribution >= 4 is 38.9 Å². The Balaban J connectivity index is 1.20. The molecular formula is C51H38N2. The van der Waals surface area contributed by atoms with Crippen LogP contribution >= 0.6 is 0 Å². The molecule has 0 N–H and O–H groups in total. The van der Waals surface area contributed by atoms with Crippen LogP contribution in [0.5, 0.6) is 0 Å². The van der Waals surface area contributed by atoms with Gasteiger partial charge in [-0.15, -0.1) is 0 Å². The van der Waals surface area contributed by atoms with Crippen molar-refractivity contribution in [2.24, 2.45) is 0 Å². The lowest BCUT2D eigenvalue weighted by Crippen LogP contribution is -2.15. The maximum atomic E-state index is 2.46. The fraction of sp³-hybridized carbons (Fsp3) is 0.0588. The molecule has 0 saturated carbocycles. The number of aromatic nitrogens is 1. The predicted octanol–water partition coefficient (Wildman–Crippen LogP) is 13.9. The average molecular weight is 679 g/mol. The van der Waals surface area contributed by atoms with E-state index in [4.69, 9.17) is 0 Å². The molecule has 8 aromatic carbocycles. The van der Waals surface area contributed by atoms with E-state index >= 15 is 0 Å². The van der Waals surface area contributed by atoms with Gasteiger partial charge < -0.3 is 9.47 Å². The average Bonchev–Trinajstić information content (AvgIpc) is 3.67. The molecule has 0 radical (unpaired) electrons. The Hall–Kier alpha value is -6.64. The normalized spacial score (nSPS) is 12.9. The number of para-hydroxylation sites is 1. The number of nitrogens with zero attached hydrogens (tertiary/aromatic N) is 2. The fourth-order valence-electron chi connectivity index (χ4n) is 8.68. The molecule has 1 aliphatic carbocycles. The van der Waals surface area contributed by atoms with Gasteiger partial charge in [-0.25, -0.2) is 0 Å². The molecule has 53 heavy (non-hydrogen) atoms. The largest absolute Gasteiger partial charge is 0.310 e. The first kappa shape index (κ1) is 31.1. The van der Waals surface area contributed by atoms with Gasteiger partial charge in [-0.3, -0.25) is 0 Å². The van der Waals surface area contributed by atoms with E-state index in [1.54, 1.807) is 0 Å². The molecule has 1 heterocycles. The summed E-state index contributed by atoms with van der Waals surface area (Å²) < 4.78 is 2.46. The zero-order valence-corrected chi connectivity index (χ0v) is 29.9. The highest BCUT2D eigenvalue weighted by atomic mass is 15.1. The second kappa shape index (κ2) is 12.3. The van der Waals surface area contributed by atoms with Crippen molar-refractivity contribution < 1.29 is 0 Å². The standard InChI is InChI=1S/C51H38N2/c1-51(2)46-21-13-12-20-43(46)44-32-33-47-49(50(44)51)45-31-30-42(34-48(45)53(47)39-18-10-5-11-19-39)52(40-26-22-37(23-27-40)35-14-6-3-7-15-35)41-28-24-38(25-29-41)36-16-8-4-9-17-36/h3-34H,1-2H3. The SMILES string of the molecule is CC1(C)c2ccccc2-c2ccc3c(c21)c1ccc(N(c2ccc(-c4ccccc4)cc2)c2ccc(-c4ccccc4)cc2)cc1n3-c1ccccc1. The van der Waals surface area contributed by atoms with Crippen LogP contribution in [0.4, 0.5) is 17.1 Å². The number of rotatable bonds is 6. The Labute approximate surface area is 310 Å². The van der Waals surface area contributed by atoms with Crippen molar-refractivity contribution in [2.45, 2.75) is 19.3 Å². The molecule has 2 heteroatoms. The van der Waals surface area contributed by atoms with Gasteiger partial charge in [-0.1, -0.05) is 153 Å². The smallest absolute Gasteiger partial charge is 0.0562 e. The summed E-state index contributed by atoms with van der Waals surface area (Å²) in [6.07, 6.45) is 0. The summed E-state index contributed by atoms with van der Waals surface area (Å²) in [5.41, 5.74) is 17.1. The van der Waals surface area contributed by atoms with Gasteiger partial charge in [0.1, 0.15) is 0 Å². The lowest BCUT2D eigenvalue weighted by Gasteiger charge is -2.26. The first-order chi connectivity index (χ1) is 26.1. The second-order valence-electron chi connectivity index (χ2n) is 14.6. The van der Waals surface area contributed by atoms with Crippen LogP contribution in [0.25, 0.3) is 60.9 Å². The molecule has 252 valence electrons. The maximum Gasteiger partial charge on any atom is 0.0562 e. The summed E-state index contributed by atoms with van der Waals surface area (Å²) in [5, 5.41) is 2.60. The van der Waals surface area contributed by atoms with Crippen molar-refractivity contribution in [3.05, 3.63) is 205 Å². The van der Waals surface area contributed by atoms with Gasteiger partial charge in [-0.2, -0.15) is 0 Å². The minimum Gasteiger partial charge on any atom is -0.310 e. The first-order valence-electron chi connectivity index (χ1n) is 18.4. The fourth-order valence-corrected chi connectivity index (χ4v) is 8.68. The minimum absolute atomic E-state index is 0.132. The van der Waals surface area contributed by atoms with E-state index in [1.165, 1.54) is 66.3 Å². The molecule has 0 aliphatic heterocycles. The Morgan fingerprint density at radius 1 is 0.415 bits per heavy atom. The molecule has 1 aliphatic rings. The zero-order valence-electron chi connectivity index (χ0n) is 29.9. The Morgan fingerprint density at radius 2 is 0.925 bits per heavy atom. The molecule has 9 aromatic rings. The quantitative estimate of drug-likeness (QED) is 0.170. The molecule has 0 spiro atoms. The van der Waals surface area contributed by atoms with Crippen LogP contribution in [0, 0.1) is 0 Å². The summed E-state index contributed by atoms with van der Waals surface area (Å²) in [5.74, 6) is 0. The van der Waals surface area contributed by atoms with Crippen LogP contribution in [0.15, 0.2) is 194 Å². The van der Waals surface area contributed by atoms with E-state index in [0.29, 0.717) is 0 Å². The zero-order chi connectivity index (χ0) is 35.5. The Bertz CT molecular complexity index is 2680. The summed E-state index contributed by atoms with van der Waals surface area (Å²) in [7, 11) is 0. The summed E-state index contributed by atoms with van der Waals surface area (Å²) in [6, 6.07) is 70.6. The molecule has 0 atom stereocenters. The maximum absolute atomic E-state index is 2.46. The van der Waals surface area contributed by atoms with Gasteiger partial charge in [-0.05, 0) is 99.1 Å². The van der Waals surface area contributed by atoms with Gasteiger partial charge in [0.2, 0.25) is 0 Å². The number of fused-ring (bicyclic) bond motifs is 7. The van der Waals surface area contributed by atoms with Crippen LogP contribution in [0.2, 0.25) is 0 Å². The van der Waals surface area contributed by atoms with E-state index in [-0.39, 0.29) is 5.41 Å². The van der Waals surface area contributed by atoms with Gasteiger partial charge in [0, 0.05) is 38.9 Å². The minimum atomic E-state index is -0.132. The molecule has 1 aromatic heterocycles. The molecular weight excluding hydrogens is 641 g/mol. The molecule has 10 rings (SSSR count). The molecule has 0 amide bonds. The first-order valence-corrected chi connectivity index (χ1v) is 18.4. The number of anilines is 3. The number of benzene rings is 8. The van der Waals surface area contributed by atoms with Crippen LogP contribution in [0.1, 0.15) is 25.0 Å².